The molecule has 0 saturated carbocycles. The number of piperidine rings is 1. The summed E-state index contributed by atoms with van der Waals surface area (Å²) in [4.78, 5) is 32.5. The van der Waals surface area contributed by atoms with Crippen LogP contribution in [0, 0.1) is 0 Å². The number of carbonyl (C=O) groups is 2. The monoisotopic (exact) mass is 407 g/mol. The van der Waals surface area contributed by atoms with Crippen molar-refractivity contribution in [2.24, 2.45) is 0 Å². The van der Waals surface area contributed by atoms with E-state index in [1.807, 2.05) is 30.3 Å². The van der Waals surface area contributed by atoms with Gasteiger partial charge in [0.1, 0.15) is 11.3 Å². The molecule has 4 rings (SSSR count). The van der Waals surface area contributed by atoms with Crippen molar-refractivity contribution in [3.8, 4) is 0 Å². The molecule has 0 spiro atoms. The molecule has 3 heterocycles. The van der Waals surface area contributed by atoms with Crippen LogP contribution in [0.2, 0.25) is 0 Å². The number of hydrogen-bond acceptors (Lipinski definition) is 5. The lowest BCUT2D eigenvalue weighted by Crippen LogP contribution is -2.46. The first-order valence-corrected chi connectivity index (χ1v) is 10.3. The minimum absolute atomic E-state index is 0.0302. The molecular formula is C22H21N3O3S. The third-order valence-corrected chi connectivity index (χ3v) is 5.89. The largest absolute Gasteiger partial charge is 0.472 e. The Morgan fingerprint density at radius 1 is 1.07 bits per heavy atom. The van der Waals surface area contributed by atoms with Crippen molar-refractivity contribution in [2.45, 2.75) is 28.8 Å². The zero-order valence-corrected chi connectivity index (χ0v) is 16.6. The number of pyridine rings is 1. The van der Waals surface area contributed by atoms with Crippen molar-refractivity contribution < 1.29 is 14.0 Å². The molecule has 3 aromatic rings. The van der Waals surface area contributed by atoms with Crippen molar-refractivity contribution in [3.05, 3.63) is 78.4 Å². The molecule has 148 valence electrons. The molecule has 29 heavy (non-hydrogen) atoms. The number of hydrogen-bond donors (Lipinski definition) is 1. The van der Waals surface area contributed by atoms with Gasteiger partial charge in [0.25, 0.3) is 11.8 Å². The van der Waals surface area contributed by atoms with Crippen LogP contribution in [0.25, 0.3) is 0 Å². The Balaban J connectivity index is 1.36. The number of amides is 2. The van der Waals surface area contributed by atoms with Crippen molar-refractivity contribution in [1.29, 1.82) is 0 Å². The highest BCUT2D eigenvalue weighted by atomic mass is 32.2. The zero-order valence-electron chi connectivity index (χ0n) is 15.8. The maximum absolute atomic E-state index is 12.9. The molecule has 1 aromatic carbocycles. The fourth-order valence-electron chi connectivity index (χ4n) is 3.30. The van der Waals surface area contributed by atoms with Crippen LogP contribution in [-0.2, 0) is 0 Å². The molecule has 0 bridgehead atoms. The average molecular weight is 407 g/mol. The smallest absolute Gasteiger partial charge is 0.257 e. The molecule has 1 fully saturated rings. The van der Waals surface area contributed by atoms with Gasteiger partial charge in [-0.2, -0.15) is 0 Å². The van der Waals surface area contributed by atoms with Gasteiger partial charge in [-0.15, -0.1) is 0 Å². The summed E-state index contributed by atoms with van der Waals surface area (Å²) in [6.45, 7) is 1.21. The van der Waals surface area contributed by atoms with Gasteiger partial charge in [0, 0.05) is 30.2 Å². The highest BCUT2D eigenvalue weighted by Crippen LogP contribution is 2.28. The maximum atomic E-state index is 12.9. The predicted molar refractivity (Wildman–Crippen MR) is 110 cm³/mol. The van der Waals surface area contributed by atoms with Gasteiger partial charge in [0.15, 0.2) is 0 Å². The molecular weight excluding hydrogens is 386 g/mol. The lowest BCUT2D eigenvalue weighted by Gasteiger charge is -2.32. The number of benzene rings is 1. The number of likely N-dealkylation sites (tertiary alicyclic amines) is 1. The number of carbonyl (C=O) groups excluding carboxylic acids is 2. The van der Waals surface area contributed by atoms with Crippen molar-refractivity contribution in [1.82, 2.24) is 15.2 Å². The second-order valence-electron chi connectivity index (χ2n) is 6.82. The summed E-state index contributed by atoms with van der Waals surface area (Å²) >= 11 is 1.47. The molecule has 1 N–H and O–H groups in total. The topological polar surface area (TPSA) is 75.4 Å². The summed E-state index contributed by atoms with van der Waals surface area (Å²) in [5, 5.41) is 3.79. The number of aromatic nitrogens is 1. The van der Waals surface area contributed by atoms with Gasteiger partial charge in [0.2, 0.25) is 0 Å². The molecule has 0 radical (unpaired) electrons. The minimum Gasteiger partial charge on any atom is -0.472 e. The molecule has 1 saturated heterocycles. The normalized spacial score (nSPS) is 14.6. The molecule has 1 aliphatic rings. The van der Waals surface area contributed by atoms with E-state index in [9.17, 15) is 9.59 Å². The number of nitrogens with zero attached hydrogens (tertiary/aromatic N) is 2. The van der Waals surface area contributed by atoms with E-state index in [4.69, 9.17) is 4.42 Å². The first-order chi connectivity index (χ1) is 14.2. The molecule has 0 unspecified atom stereocenters. The summed E-state index contributed by atoms with van der Waals surface area (Å²) in [7, 11) is 0. The van der Waals surface area contributed by atoms with Crippen LogP contribution >= 0.6 is 11.8 Å². The highest BCUT2D eigenvalue weighted by Gasteiger charge is 2.26. The van der Waals surface area contributed by atoms with E-state index in [-0.39, 0.29) is 17.9 Å². The van der Waals surface area contributed by atoms with Gasteiger partial charge in [0.05, 0.1) is 17.4 Å². The fourth-order valence-corrected chi connectivity index (χ4v) is 4.20. The van der Waals surface area contributed by atoms with Crippen molar-refractivity contribution >= 4 is 23.6 Å². The Morgan fingerprint density at radius 2 is 1.86 bits per heavy atom. The van der Waals surface area contributed by atoms with Gasteiger partial charge < -0.3 is 14.6 Å². The summed E-state index contributed by atoms with van der Waals surface area (Å²) in [5.41, 5.74) is 1.13. The molecule has 0 atom stereocenters. The number of nitrogens with one attached hydrogen (secondary N) is 1. The first-order valence-electron chi connectivity index (χ1n) is 9.51. The van der Waals surface area contributed by atoms with Crippen LogP contribution in [-0.4, -0.2) is 40.8 Å². The van der Waals surface area contributed by atoms with Crippen LogP contribution in [0.1, 0.15) is 33.6 Å². The lowest BCUT2D eigenvalue weighted by atomic mass is 10.0. The Hall–Kier alpha value is -3.06. The van der Waals surface area contributed by atoms with Gasteiger partial charge >= 0.3 is 0 Å². The Kier molecular flexibility index (Phi) is 5.95. The molecule has 1 aliphatic heterocycles. The Morgan fingerprint density at radius 3 is 2.59 bits per heavy atom. The minimum atomic E-state index is -0.129. The molecule has 6 nitrogen and oxygen atoms in total. The standard InChI is InChI=1S/C22H21N3O3S/c26-20(19-7-4-11-23-21(19)29-18-5-2-1-3-6-18)24-17-8-12-25(13-9-17)22(27)16-10-14-28-15-16/h1-7,10-11,14-15,17H,8-9,12-13H2,(H,24,26). The van der Waals surface area contributed by atoms with E-state index in [2.05, 4.69) is 10.3 Å². The lowest BCUT2D eigenvalue weighted by molar-refractivity contribution is 0.0697. The SMILES string of the molecule is O=C(NC1CCN(C(=O)c2ccoc2)CC1)c1cccnc1Sc1ccccc1. The predicted octanol–water partition coefficient (Wildman–Crippen LogP) is 3.86. The van der Waals surface area contributed by atoms with Crippen LogP contribution in [0.15, 0.2) is 81.6 Å². The second-order valence-corrected chi connectivity index (χ2v) is 7.89. The van der Waals surface area contributed by atoms with E-state index < -0.39 is 0 Å². The van der Waals surface area contributed by atoms with Gasteiger partial charge in [-0.25, -0.2) is 4.98 Å². The van der Waals surface area contributed by atoms with Crippen LogP contribution in [0.5, 0.6) is 0 Å². The van der Waals surface area contributed by atoms with E-state index in [1.165, 1.54) is 24.3 Å². The summed E-state index contributed by atoms with van der Waals surface area (Å²) in [5.74, 6) is -0.159. The second kappa shape index (κ2) is 8.96. The third kappa shape index (κ3) is 4.68. The van der Waals surface area contributed by atoms with E-state index in [0.717, 1.165) is 17.7 Å². The van der Waals surface area contributed by atoms with E-state index in [1.54, 1.807) is 29.3 Å². The fraction of sp³-hybridized carbons (Fsp3) is 0.227. The van der Waals surface area contributed by atoms with Crippen molar-refractivity contribution in [3.63, 3.8) is 0 Å². The maximum Gasteiger partial charge on any atom is 0.257 e. The summed E-state index contributed by atoms with van der Waals surface area (Å²) in [6.07, 6.45) is 6.10. The van der Waals surface area contributed by atoms with Gasteiger partial charge in [-0.3, -0.25) is 9.59 Å². The van der Waals surface area contributed by atoms with Gasteiger partial charge in [-0.05, 0) is 43.2 Å². The zero-order chi connectivity index (χ0) is 20.1. The van der Waals surface area contributed by atoms with Crippen molar-refractivity contribution in [2.75, 3.05) is 13.1 Å². The summed E-state index contributed by atoms with van der Waals surface area (Å²) in [6, 6.07) is 15.1. The molecule has 7 heteroatoms. The average Bonchev–Trinajstić information content (AvgIpc) is 3.30. The van der Waals surface area contributed by atoms with E-state index >= 15 is 0 Å². The molecule has 0 aliphatic carbocycles. The van der Waals surface area contributed by atoms with Gasteiger partial charge in [-0.1, -0.05) is 30.0 Å². The van der Waals surface area contributed by atoms with E-state index in [0.29, 0.717) is 29.2 Å². The number of furan rings is 1. The summed E-state index contributed by atoms with van der Waals surface area (Å²) < 4.78 is 4.99. The quantitative estimate of drug-likeness (QED) is 0.695. The Bertz CT molecular complexity index is 968. The molecule has 2 amide bonds. The van der Waals surface area contributed by atoms with Crippen LogP contribution < -0.4 is 5.32 Å². The molecule has 2 aromatic heterocycles. The highest BCUT2D eigenvalue weighted by molar-refractivity contribution is 7.99. The number of rotatable bonds is 5. The van der Waals surface area contributed by atoms with Crippen LogP contribution in [0.4, 0.5) is 0 Å². The third-order valence-electron chi connectivity index (χ3n) is 4.86. The van der Waals surface area contributed by atoms with Crippen LogP contribution in [0.3, 0.4) is 0 Å². The first kappa shape index (κ1) is 19.3. The Labute approximate surface area is 173 Å².